The molecule has 1 aliphatic rings. The summed E-state index contributed by atoms with van der Waals surface area (Å²) in [6.07, 6.45) is 2.82. The van der Waals surface area contributed by atoms with Gasteiger partial charge in [-0.1, -0.05) is 10.3 Å². The van der Waals surface area contributed by atoms with Crippen LogP contribution in [0.25, 0.3) is 0 Å². The highest BCUT2D eigenvalue weighted by Crippen LogP contribution is 2.22. The molecule has 96 valence electrons. The molecular weight excluding hydrogens is 232 g/mol. The highest BCUT2D eigenvalue weighted by atomic mass is 16.5. The van der Waals surface area contributed by atoms with Crippen molar-refractivity contribution in [3.05, 3.63) is 28.7 Å². The smallest absolute Gasteiger partial charge is 0.231 e. The molecule has 6 heteroatoms. The molecule has 0 aliphatic carbocycles. The molecule has 0 radical (unpaired) electrons. The fraction of sp³-hybridized carbons (Fsp3) is 0.583. The summed E-state index contributed by atoms with van der Waals surface area (Å²) in [6.45, 7) is 4.84. The Bertz CT molecular complexity index is 521. The van der Waals surface area contributed by atoms with Gasteiger partial charge in [-0.05, 0) is 33.2 Å². The predicted octanol–water partition coefficient (Wildman–Crippen LogP) is 1.69. The normalized spacial score (nSPS) is 19.6. The van der Waals surface area contributed by atoms with Gasteiger partial charge in [0.2, 0.25) is 5.89 Å². The summed E-state index contributed by atoms with van der Waals surface area (Å²) in [5.41, 5.74) is 1.91. The molecule has 0 aromatic carbocycles. The maximum Gasteiger partial charge on any atom is 0.231 e. The number of rotatable bonds is 3. The molecule has 0 bridgehead atoms. The summed E-state index contributed by atoms with van der Waals surface area (Å²) in [5.74, 6) is 2.19. The van der Waals surface area contributed by atoms with Crippen molar-refractivity contribution in [1.82, 2.24) is 20.6 Å². The average Bonchev–Trinajstić information content (AvgIpc) is 3.06. The van der Waals surface area contributed by atoms with E-state index in [0.29, 0.717) is 12.3 Å². The quantitative estimate of drug-likeness (QED) is 0.890. The van der Waals surface area contributed by atoms with Gasteiger partial charge in [0, 0.05) is 5.56 Å². The van der Waals surface area contributed by atoms with Gasteiger partial charge in [0.05, 0.1) is 18.2 Å². The Morgan fingerprint density at radius 1 is 1.28 bits per heavy atom. The van der Waals surface area contributed by atoms with Crippen LogP contribution in [0.4, 0.5) is 0 Å². The van der Waals surface area contributed by atoms with Crippen molar-refractivity contribution in [3.63, 3.8) is 0 Å². The Balaban J connectivity index is 1.77. The van der Waals surface area contributed by atoms with Crippen molar-refractivity contribution in [2.75, 3.05) is 6.54 Å². The van der Waals surface area contributed by atoms with Crippen LogP contribution in [0.2, 0.25) is 0 Å². The molecule has 2 aromatic heterocycles. The van der Waals surface area contributed by atoms with Crippen LogP contribution in [0, 0.1) is 13.8 Å². The van der Waals surface area contributed by atoms with Gasteiger partial charge in [-0.3, -0.25) is 0 Å². The number of hydrogen-bond donors (Lipinski definition) is 1. The van der Waals surface area contributed by atoms with E-state index in [0.717, 1.165) is 35.8 Å². The Morgan fingerprint density at radius 3 is 2.83 bits per heavy atom. The summed E-state index contributed by atoms with van der Waals surface area (Å²) < 4.78 is 10.4. The number of hydrogen-bond acceptors (Lipinski definition) is 6. The van der Waals surface area contributed by atoms with E-state index in [9.17, 15) is 0 Å². The second-order valence-electron chi connectivity index (χ2n) is 4.67. The van der Waals surface area contributed by atoms with Crippen LogP contribution in [-0.2, 0) is 6.42 Å². The van der Waals surface area contributed by atoms with Crippen molar-refractivity contribution in [2.24, 2.45) is 0 Å². The van der Waals surface area contributed by atoms with Crippen LogP contribution in [-0.4, -0.2) is 21.8 Å². The fourth-order valence-electron chi connectivity index (χ4n) is 2.29. The van der Waals surface area contributed by atoms with Gasteiger partial charge in [0.25, 0.3) is 0 Å². The molecular formula is C12H16N4O2. The minimum Gasteiger partial charge on any atom is -0.361 e. The molecule has 0 unspecified atom stereocenters. The van der Waals surface area contributed by atoms with E-state index in [1.165, 1.54) is 6.42 Å². The summed E-state index contributed by atoms with van der Waals surface area (Å²) in [6, 6.07) is 0.243. The lowest BCUT2D eigenvalue weighted by Gasteiger charge is -2.01. The minimum absolute atomic E-state index is 0.243. The lowest BCUT2D eigenvalue weighted by Crippen LogP contribution is -2.14. The molecule has 1 fully saturated rings. The summed E-state index contributed by atoms with van der Waals surface area (Å²) in [4.78, 5) is 4.44. The van der Waals surface area contributed by atoms with Crippen LogP contribution in [0.15, 0.2) is 9.05 Å². The first-order chi connectivity index (χ1) is 8.74. The lowest BCUT2D eigenvalue weighted by molar-refractivity contribution is 0.371. The van der Waals surface area contributed by atoms with Gasteiger partial charge in [-0.2, -0.15) is 4.98 Å². The van der Waals surface area contributed by atoms with Crippen molar-refractivity contribution in [2.45, 2.75) is 39.2 Å². The van der Waals surface area contributed by atoms with Crippen LogP contribution < -0.4 is 5.32 Å². The molecule has 18 heavy (non-hydrogen) atoms. The van der Waals surface area contributed by atoms with E-state index in [1.54, 1.807) is 0 Å². The highest BCUT2D eigenvalue weighted by molar-refractivity contribution is 5.23. The Morgan fingerprint density at radius 2 is 2.17 bits per heavy atom. The molecule has 1 N–H and O–H groups in total. The van der Waals surface area contributed by atoms with Crippen LogP contribution >= 0.6 is 0 Å². The maximum atomic E-state index is 5.29. The van der Waals surface area contributed by atoms with Gasteiger partial charge in [-0.25, -0.2) is 0 Å². The van der Waals surface area contributed by atoms with Gasteiger partial charge >= 0.3 is 0 Å². The number of nitrogens with one attached hydrogen (secondary N) is 1. The van der Waals surface area contributed by atoms with E-state index in [4.69, 9.17) is 9.05 Å². The molecule has 0 amide bonds. The summed E-state index contributed by atoms with van der Waals surface area (Å²) >= 11 is 0. The van der Waals surface area contributed by atoms with Crippen molar-refractivity contribution in [3.8, 4) is 0 Å². The van der Waals surface area contributed by atoms with E-state index in [1.807, 2.05) is 13.8 Å². The number of aromatic nitrogens is 3. The first kappa shape index (κ1) is 11.4. The van der Waals surface area contributed by atoms with Gasteiger partial charge in [0.1, 0.15) is 5.76 Å². The second kappa shape index (κ2) is 4.53. The molecule has 0 saturated carbocycles. The van der Waals surface area contributed by atoms with Crippen LogP contribution in [0.1, 0.15) is 47.6 Å². The second-order valence-corrected chi connectivity index (χ2v) is 4.67. The molecule has 0 spiro atoms. The molecule has 2 aromatic rings. The first-order valence-electron chi connectivity index (χ1n) is 6.21. The SMILES string of the molecule is Cc1noc(C)c1Cc1nc([C@H]2CCCN2)no1. The molecule has 3 rings (SSSR count). The van der Waals surface area contributed by atoms with Crippen molar-refractivity contribution < 1.29 is 9.05 Å². The van der Waals surface area contributed by atoms with Crippen molar-refractivity contribution >= 4 is 0 Å². The molecule has 3 heterocycles. The van der Waals surface area contributed by atoms with Crippen LogP contribution in [0.5, 0.6) is 0 Å². The maximum absolute atomic E-state index is 5.29. The third-order valence-corrected chi connectivity index (χ3v) is 3.37. The Labute approximate surface area is 105 Å². The summed E-state index contributed by atoms with van der Waals surface area (Å²) in [7, 11) is 0. The Kier molecular flexibility index (Phi) is 2.87. The van der Waals surface area contributed by atoms with Crippen LogP contribution in [0.3, 0.4) is 0 Å². The fourth-order valence-corrected chi connectivity index (χ4v) is 2.29. The monoisotopic (exact) mass is 248 g/mol. The topological polar surface area (TPSA) is 77.0 Å². The lowest BCUT2D eigenvalue weighted by atomic mass is 10.1. The van der Waals surface area contributed by atoms with E-state index < -0.39 is 0 Å². The number of aryl methyl sites for hydroxylation is 2. The summed E-state index contributed by atoms with van der Waals surface area (Å²) in [5, 5.41) is 11.3. The van der Waals surface area contributed by atoms with Gasteiger partial charge in [0.15, 0.2) is 5.82 Å². The largest absolute Gasteiger partial charge is 0.361 e. The van der Waals surface area contributed by atoms with E-state index in [-0.39, 0.29) is 6.04 Å². The molecule has 6 nitrogen and oxygen atoms in total. The standard InChI is InChI=1S/C12H16N4O2/c1-7-9(8(2)17-15-7)6-11-14-12(16-18-11)10-4-3-5-13-10/h10,13H,3-6H2,1-2H3/t10-/m1/s1. The van der Waals surface area contributed by atoms with Crippen molar-refractivity contribution in [1.29, 1.82) is 0 Å². The third-order valence-electron chi connectivity index (χ3n) is 3.37. The molecule has 1 atom stereocenters. The molecule has 1 aliphatic heterocycles. The zero-order valence-corrected chi connectivity index (χ0v) is 10.6. The molecule has 1 saturated heterocycles. The van der Waals surface area contributed by atoms with Gasteiger partial charge in [-0.15, -0.1) is 0 Å². The average molecular weight is 248 g/mol. The zero-order valence-electron chi connectivity index (χ0n) is 10.6. The van der Waals surface area contributed by atoms with E-state index >= 15 is 0 Å². The Hall–Kier alpha value is -1.69. The highest BCUT2D eigenvalue weighted by Gasteiger charge is 2.22. The first-order valence-corrected chi connectivity index (χ1v) is 6.21. The third kappa shape index (κ3) is 2.03. The van der Waals surface area contributed by atoms with E-state index in [2.05, 4.69) is 20.6 Å². The van der Waals surface area contributed by atoms with Gasteiger partial charge < -0.3 is 14.4 Å². The zero-order chi connectivity index (χ0) is 12.5. The minimum atomic E-state index is 0.243. The number of nitrogens with zero attached hydrogens (tertiary/aromatic N) is 3. The predicted molar refractivity (Wildman–Crippen MR) is 63.1 cm³/mol.